The van der Waals surface area contributed by atoms with Crippen molar-refractivity contribution in [3.8, 4) is 0 Å². The minimum absolute atomic E-state index is 0.105. The van der Waals surface area contributed by atoms with Gasteiger partial charge in [-0.15, -0.1) is 5.10 Å². The first kappa shape index (κ1) is 11.4. The maximum absolute atomic E-state index is 5.52. The Morgan fingerprint density at radius 3 is 3.00 bits per heavy atom. The molecule has 5 nitrogen and oxygen atoms in total. The van der Waals surface area contributed by atoms with E-state index < -0.39 is 0 Å². The van der Waals surface area contributed by atoms with Gasteiger partial charge in [-0.25, -0.2) is 0 Å². The van der Waals surface area contributed by atoms with Crippen LogP contribution in [0.25, 0.3) is 0 Å². The molecule has 0 spiro atoms. The van der Waals surface area contributed by atoms with Gasteiger partial charge in [0.25, 0.3) is 0 Å². The van der Waals surface area contributed by atoms with Crippen molar-refractivity contribution in [1.29, 1.82) is 0 Å². The van der Waals surface area contributed by atoms with Crippen LogP contribution >= 0.6 is 0 Å². The van der Waals surface area contributed by atoms with Crippen LogP contribution < -0.4 is 10.6 Å². The lowest BCUT2D eigenvalue weighted by atomic mass is 10.2. The third-order valence-electron chi connectivity index (χ3n) is 3.13. The van der Waals surface area contributed by atoms with Crippen molar-refractivity contribution in [3.05, 3.63) is 5.89 Å². The van der Waals surface area contributed by atoms with Gasteiger partial charge in [0.1, 0.15) is 0 Å². The Morgan fingerprint density at radius 2 is 2.31 bits per heavy atom. The summed E-state index contributed by atoms with van der Waals surface area (Å²) in [7, 11) is 1.88. The Bertz CT molecular complexity index is 338. The lowest BCUT2D eigenvalue weighted by molar-refractivity contribution is 0.440. The van der Waals surface area contributed by atoms with Crippen LogP contribution in [0.1, 0.15) is 45.0 Å². The molecule has 0 bridgehead atoms. The lowest BCUT2D eigenvalue weighted by Crippen LogP contribution is -2.12. The Morgan fingerprint density at radius 1 is 1.50 bits per heavy atom. The third kappa shape index (κ3) is 2.52. The van der Waals surface area contributed by atoms with Gasteiger partial charge in [-0.2, -0.15) is 0 Å². The molecule has 1 aliphatic carbocycles. The standard InChI is InChI=1S/C11H20N4O/c1-4-5-8-6-9(8)13-11-15-14-10(16-11)7(2)12-3/h7-9,12H,4-6H2,1-3H3,(H,13,15). The molecule has 1 aliphatic rings. The van der Waals surface area contributed by atoms with Crippen LogP contribution in [0.2, 0.25) is 0 Å². The predicted molar refractivity (Wildman–Crippen MR) is 62.2 cm³/mol. The van der Waals surface area contributed by atoms with Crippen LogP contribution in [-0.2, 0) is 0 Å². The van der Waals surface area contributed by atoms with E-state index in [1.54, 1.807) is 0 Å². The smallest absolute Gasteiger partial charge is 0.315 e. The molecular weight excluding hydrogens is 204 g/mol. The van der Waals surface area contributed by atoms with E-state index >= 15 is 0 Å². The first-order valence-corrected chi connectivity index (χ1v) is 6.01. The highest BCUT2D eigenvalue weighted by molar-refractivity contribution is 5.24. The minimum Gasteiger partial charge on any atom is -0.406 e. The van der Waals surface area contributed by atoms with Crippen molar-refractivity contribution in [2.75, 3.05) is 12.4 Å². The van der Waals surface area contributed by atoms with Crippen LogP contribution in [0.15, 0.2) is 4.42 Å². The van der Waals surface area contributed by atoms with Gasteiger partial charge in [0.15, 0.2) is 0 Å². The van der Waals surface area contributed by atoms with Gasteiger partial charge in [-0.1, -0.05) is 18.4 Å². The highest BCUT2D eigenvalue weighted by atomic mass is 16.4. The molecule has 2 N–H and O–H groups in total. The van der Waals surface area contributed by atoms with E-state index in [2.05, 4.69) is 27.8 Å². The number of rotatable bonds is 6. The topological polar surface area (TPSA) is 63.0 Å². The van der Waals surface area contributed by atoms with Crippen molar-refractivity contribution in [3.63, 3.8) is 0 Å². The molecule has 0 aliphatic heterocycles. The highest BCUT2D eigenvalue weighted by Gasteiger charge is 2.37. The zero-order valence-corrected chi connectivity index (χ0v) is 10.2. The Kier molecular flexibility index (Phi) is 3.43. The maximum Gasteiger partial charge on any atom is 0.315 e. The summed E-state index contributed by atoms with van der Waals surface area (Å²) in [6.07, 6.45) is 3.76. The SMILES string of the molecule is CCCC1CC1Nc1nnc(C(C)NC)o1. The molecule has 16 heavy (non-hydrogen) atoms. The van der Waals surface area contributed by atoms with E-state index in [0.29, 0.717) is 17.9 Å². The second-order valence-corrected chi connectivity index (χ2v) is 4.49. The summed E-state index contributed by atoms with van der Waals surface area (Å²) in [5, 5.41) is 14.3. The molecule has 3 unspecified atom stereocenters. The Balaban J connectivity index is 1.84. The Labute approximate surface area is 96.0 Å². The molecular formula is C11H20N4O. The number of anilines is 1. The van der Waals surface area contributed by atoms with Crippen molar-refractivity contribution in [1.82, 2.24) is 15.5 Å². The van der Waals surface area contributed by atoms with Crippen molar-refractivity contribution in [2.45, 2.75) is 45.2 Å². The summed E-state index contributed by atoms with van der Waals surface area (Å²) >= 11 is 0. The number of nitrogens with zero attached hydrogens (tertiary/aromatic N) is 2. The molecule has 1 saturated carbocycles. The summed E-state index contributed by atoms with van der Waals surface area (Å²) in [5.74, 6) is 1.43. The number of hydrogen-bond acceptors (Lipinski definition) is 5. The number of aromatic nitrogens is 2. The average Bonchev–Trinajstić information content (AvgIpc) is 2.83. The van der Waals surface area contributed by atoms with E-state index in [1.807, 2.05) is 14.0 Å². The zero-order chi connectivity index (χ0) is 11.5. The van der Waals surface area contributed by atoms with Crippen LogP contribution in [-0.4, -0.2) is 23.3 Å². The first-order valence-electron chi connectivity index (χ1n) is 6.01. The maximum atomic E-state index is 5.52. The fourth-order valence-corrected chi connectivity index (χ4v) is 1.86. The summed E-state index contributed by atoms with van der Waals surface area (Å²) in [4.78, 5) is 0. The van der Waals surface area contributed by atoms with Crippen molar-refractivity contribution >= 4 is 6.01 Å². The molecule has 5 heteroatoms. The molecule has 2 rings (SSSR count). The molecule has 1 aromatic heterocycles. The predicted octanol–water partition coefficient (Wildman–Crippen LogP) is 1.95. The number of nitrogens with one attached hydrogen (secondary N) is 2. The third-order valence-corrected chi connectivity index (χ3v) is 3.13. The zero-order valence-electron chi connectivity index (χ0n) is 10.2. The number of hydrogen-bond donors (Lipinski definition) is 2. The normalized spacial score (nSPS) is 25.4. The summed E-state index contributed by atoms with van der Waals surface area (Å²) < 4.78 is 5.52. The molecule has 0 radical (unpaired) electrons. The van der Waals surface area contributed by atoms with Crippen LogP contribution in [0, 0.1) is 5.92 Å². The second kappa shape index (κ2) is 4.82. The summed E-state index contributed by atoms with van der Waals surface area (Å²) in [6.45, 7) is 4.21. The van der Waals surface area contributed by atoms with E-state index in [1.165, 1.54) is 19.3 Å². The molecule has 0 amide bonds. The average molecular weight is 224 g/mol. The fourth-order valence-electron chi connectivity index (χ4n) is 1.86. The van der Waals surface area contributed by atoms with Gasteiger partial charge in [-0.05, 0) is 32.7 Å². The molecule has 90 valence electrons. The monoisotopic (exact) mass is 224 g/mol. The molecule has 1 fully saturated rings. The first-order chi connectivity index (χ1) is 7.74. The van der Waals surface area contributed by atoms with Crippen LogP contribution in [0.3, 0.4) is 0 Å². The van der Waals surface area contributed by atoms with Crippen LogP contribution in [0.4, 0.5) is 6.01 Å². The molecule has 3 atom stereocenters. The van der Waals surface area contributed by atoms with Gasteiger partial charge in [-0.3, -0.25) is 0 Å². The van der Waals surface area contributed by atoms with Crippen molar-refractivity contribution < 1.29 is 4.42 Å². The van der Waals surface area contributed by atoms with Gasteiger partial charge in [0.2, 0.25) is 5.89 Å². The van der Waals surface area contributed by atoms with Gasteiger partial charge in [0.05, 0.1) is 6.04 Å². The van der Waals surface area contributed by atoms with E-state index in [-0.39, 0.29) is 6.04 Å². The van der Waals surface area contributed by atoms with E-state index in [4.69, 9.17) is 4.42 Å². The van der Waals surface area contributed by atoms with E-state index in [0.717, 1.165) is 5.92 Å². The lowest BCUT2D eigenvalue weighted by Gasteiger charge is -2.02. The van der Waals surface area contributed by atoms with Crippen LogP contribution in [0.5, 0.6) is 0 Å². The van der Waals surface area contributed by atoms with Gasteiger partial charge < -0.3 is 15.1 Å². The highest BCUT2D eigenvalue weighted by Crippen LogP contribution is 2.37. The van der Waals surface area contributed by atoms with Gasteiger partial charge >= 0.3 is 6.01 Å². The second-order valence-electron chi connectivity index (χ2n) is 4.49. The van der Waals surface area contributed by atoms with Crippen molar-refractivity contribution in [2.24, 2.45) is 5.92 Å². The summed E-state index contributed by atoms with van der Waals surface area (Å²) in [6, 6.07) is 1.20. The fraction of sp³-hybridized carbons (Fsp3) is 0.818. The quantitative estimate of drug-likeness (QED) is 0.773. The van der Waals surface area contributed by atoms with Gasteiger partial charge in [0, 0.05) is 6.04 Å². The molecule has 1 heterocycles. The van der Waals surface area contributed by atoms with E-state index in [9.17, 15) is 0 Å². The molecule has 0 aromatic carbocycles. The Hall–Kier alpha value is -1.10. The molecule has 0 saturated heterocycles. The minimum atomic E-state index is 0.105. The summed E-state index contributed by atoms with van der Waals surface area (Å²) in [5.41, 5.74) is 0. The molecule has 1 aromatic rings. The largest absolute Gasteiger partial charge is 0.406 e.